The summed E-state index contributed by atoms with van der Waals surface area (Å²) in [4.78, 5) is 7.04. The van der Waals surface area contributed by atoms with Gasteiger partial charge >= 0.3 is 0 Å². The van der Waals surface area contributed by atoms with Gasteiger partial charge in [0.05, 0.1) is 17.9 Å². The summed E-state index contributed by atoms with van der Waals surface area (Å²) in [6, 6.07) is 15.9. The minimum absolute atomic E-state index is 0.444. The summed E-state index contributed by atoms with van der Waals surface area (Å²) in [5.74, 6) is 0. The third kappa shape index (κ3) is 2.92. The van der Waals surface area contributed by atoms with Crippen LogP contribution in [-0.4, -0.2) is 44.0 Å². The van der Waals surface area contributed by atoms with Gasteiger partial charge in [0.25, 0.3) is 0 Å². The van der Waals surface area contributed by atoms with Crippen molar-refractivity contribution in [3.05, 3.63) is 66.0 Å². The lowest BCUT2D eigenvalue weighted by molar-refractivity contribution is 0.133. The molecule has 0 atom stereocenters. The van der Waals surface area contributed by atoms with E-state index in [1.54, 1.807) is 6.20 Å². The van der Waals surface area contributed by atoms with Gasteiger partial charge in [-0.05, 0) is 48.9 Å². The molecule has 0 N–H and O–H groups in total. The molecule has 5 nitrogen and oxygen atoms in total. The van der Waals surface area contributed by atoms with E-state index in [0.717, 1.165) is 37.3 Å². The van der Waals surface area contributed by atoms with Crippen LogP contribution in [0.5, 0.6) is 0 Å². The second-order valence-corrected chi connectivity index (χ2v) is 7.40. The third-order valence-corrected chi connectivity index (χ3v) is 5.86. The van der Waals surface area contributed by atoms with E-state index < -0.39 is 0 Å². The largest absolute Gasteiger partial charge is 0.300 e. The molecule has 1 saturated heterocycles. The molecule has 0 saturated carbocycles. The van der Waals surface area contributed by atoms with Crippen LogP contribution in [0.2, 0.25) is 0 Å². The van der Waals surface area contributed by atoms with Crippen LogP contribution in [0.1, 0.15) is 30.0 Å². The summed E-state index contributed by atoms with van der Waals surface area (Å²) in [7, 11) is 0. The van der Waals surface area contributed by atoms with Gasteiger partial charge in [-0.1, -0.05) is 35.5 Å². The minimum Gasteiger partial charge on any atom is -0.300 e. The molecule has 0 spiro atoms. The standard InChI is InChI=1S/C21H23N5/c1-2-6-17-14-19(13-16(17)5-1)25-11-8-18(9-12-25)26-15-21(23-24-26)20-7-3-4-10-22-20/h1-7,10,15,18-19H,8-9,11-14H2. The molecule has 26 heavy (non-hydrogen) atoms. The SMILES string of the molecule is c1ccc(-c2cn(C3CCN(C4Cc5ccccc5C4)CC3)nn2)nc1. The predicted molar refractivity (Wildman–Crippen MR) is 101 cm³/mol. The average Bonchev–Trinajstić information content (AvgIpc) is 3.36. The maximum Gasteiger partial charge on any atom is 0.131 e. The Labute approximate surface area is 153 Å². The van der Waals surface area contributed by atoms with E-state index in [4.69, 9.17) is 0 Å². The zero-order valence-electron chi connectivity index (χ0n) is 14.8. The van der Waals surface area contributed by atoms with E-state index >= 15 is 0 Å². The summed E-state index contributed by atoms with van der Waals surface area (Å²) in [5.41, 5.74) is 4.82. The van der Waals surface area contributed by atoms with Crippen molar-refractivity contribution in [2.45, 2.75) is 37.8 Å². The lowest BCUT2D eigenvalue weighted by atomic mass is 10.0. The Hall–Kier alpha value is -2.53. The Balaban J connectivity index is 1.22. The van der Waals surface area contributed by atoms with Crippen LogP contribution in [0, 0.1) is 0 Å². The van der Waals surface area contributed by atoms with Gasteiger partial charge in [0.15, 0.2) is 0 Å². The van der Waals surface area contributed by atoms with Gasteiger partial charge < -0.3 is 0 Å². The first-order valence-corrected chi connectivity index (χ1v) is 9.51. The van der Waals surface area contributed by atoms with Crippen LogP contribution >= 0.6 is 0 Å². The number of aromatic nitrogens is 4. The summed E-state index contributed by atoms with van der Waals surface area (Å²) in [6.07, 6.45) is 8.53. The third-order valence-electron chi connectivity index (χ3n) is 5.86. The smallest absolute Gasteiger partial charge is 0.131 e. The summed E-state index contributed by atoms with van der Waals surface area (Å²) in [6.45, 7) is 2.28. The average molecular weight is 345 g/mol. The van der Waals surface area contributed by atoms with Crippen molar-refractivity contribution in [1.82, 2.24) is 24.9 Å². The van der Waals surface area contributed by atoms with Gasteiger partial charge in [-0.15, -0.1) is 5.10 Å². The maximum atomic E-state index is 4.38. The zero-order valence-corrected chi connectivity index (χ0v) is 14.8. The summed E-state index contributed by atoms with van der Waals surface area (Å²) in [5, 5.41) is 8.70. The molecule has 1 fully saturated rings. The zero-order chi connectivity index (χ0) is 17.3. The number of rotatable bonds is 3. The molecule has 5 rings (SSSR count). The number of hydrogen-bond acceptors (Lipinski definition) is 4. The van der Waals surface area contributed by atoms with E-state index in [1.807, 2.05) is 29.1 Å². The molecule has 132 valence electrons. The van der Waals surface area contributed by atoms with Crippen molar-refractivity contribution in [2.75, 3.05) is 13.1 Å². The van der Waals surface area contributed by atoms with Crippen molar-refractivity contribution in [3.63, 3.8) is 0 Å². The minimum atomic E-state index is 0.444. The highest BCUT2D eigenvalue weighted by atomic mass is 15.4. The Kier molecular flexibility index (Phi) is 4.02. The normalized spacial score (nSPS) is 18.9. The molecule has 1 aromatic carbocycles. The topological polar surface area (TPSA) is 46.8 Å². The van der Waals surface area contributed by atoms with Gasteiger partial charge in [-0.3, -0.25) is 9.88 Å². The van der Waals surface area contributed by atoms with Crippen molar-refractivity contribution in [3.8, 4) is 11.4 Å². The summed E-state index contributed by atoms with van der Waals surface area (Å²) < 4.78 is 2.05. The van der Waals surface area contributed by atoms with Gasteiger partial charge in [-0.2, -0.15) is 0 Å². The fraction of sp³-hybridized carbons (Fsp3) is 0.381. The highest BCUT2D eigenvalue weighted by Crippen LogP contribution is 2.30. The predicted octanol–water partition coefficient (Wildman–Crippen LogP) is 3.14. The second kappa shape index (κ2) is 6.65. The second-order valence-electron chi connectivity index (χ2n) is 7.40. The first kappa shape index (κ1) is 15.7. The van der Waals surface area contributed by atoms with Gasteiger partial charge in [0.1, 0.15) is 5.69 Å². The monoisotopic (exact) mass is 345 g/mol. The molecular weight excluding hydrogens is 322 g/mol. The maximum absolute atomic E-state index is 4.38. The Bertz CT molecular complexity index is 855. The van der Waals surface area contributed by atoms with Gasteiger partial charge in [-0.25, -0.2) is 4.68 Å². The van der Waals surface area contributed by atoms with Crippen molar-refractivity contribution in [1.29, 1.82) is 0 Å². The first-order valence-electron chi connectivity index (χ1n) is 9.51. The molecule has 0 radical (unpaired) electrons. The molecule has 0 amide bonds. The fourth-order valence-corrected chi connectivity index (χ4v) is 4.40. The lowest BCUT2D eigenvalue weighted by Gasteiger charge is -2.35. The number of fused-ring (bicyclic) bond motifs is 1. The number of hydrogen-bond donors (Lipinski definition) is 0. The Morgan fingerprint density at radius 2 is 1.54 bits per heavy atom. The molecule has 5 heteroatoms. The Morgan fingerprint density at radius 3 is 2.23 bits per heavy atom. The number of benzene rings is 1. The highest BCUT2D eigenvalue weighted by Gasteiger charge is 2.30. The fourth-order valence-electron chi connectivity index (χ4n) is 4.40. The molecule has 2 aliphatic rings. The molecule has 3 heterocycles. The van der Waals surface area contributed by atoms with Crippen LogP contribution in [-0.2, 0) is 12.8 Å². The van der Waals surface area contributed by atoms with Gasteiger partial charge in [0, 0.05) is 25.3 Å². The van der Waals surface area contributed by atoms with E-state index in [0.29, 0.717) is 12.1 Å². The molecule has 1 aliphatic carbocycles. The van der Waals surface area contributed by atoms with E-state index in [-0.39, 0.29) is 0 Å². The molecule has 1 aliphatic heterocycles. The van der Waals surface area contributed by atoms with Crippen molar-refractivity contribution in [2.24, 2.45) is 0 Å². The Morgan fingerprint density at radius 1 is 0.808 bits per heavy atom. The first-order chi connectivity index (χ1) is 12.9. The summed E-state index contributed by atoms with van der Waals surface area (Å²) >= 11 is 0. The molecule has 3 aromatic rings. The van der Waals surface area contributed by atoms with Crippen LogP contribution < -0.4 is 0 Å². The molecule has 2 aromatic heterocycles. The molecular formula is C21H23N5. The van der Waals surface area contributed by atoms with Crippen LogP contribution in [0.25, 0.3) is 11.4 Å². The molecule has 0 bridgehead atoms. The quantitative estimate of drug-likeness (QED) is 0.732. The number of piperidine rings is 1. The van der Waals surface area contributed by atoms with E-state index in [2.05, 4.69) is 44.5 Å². The van der Waals surface area contributed by atoms with Gasteiger partial charge in [0.2, 0.25) is 0 Å². The van der Waals surface area contributed by atoms with Crippen LogP contribution in [0.4, 0.5) is 0 Å². The number of likely N-dealkylation sites (tertiary alicyclic amines) is 1. The van der Waals surface area contributed by atoms with E-state index in [9.17, 15) is 0 Å². The number of nitrogens with zero attached hydrogens (tertiary/aromatic N) is 5. The molecule has 0 unspecified atom stereocenters. The van der Waals surface area contributed by atoms with Crippen molar-refractivity contribution >= 4 is 0 Å². The van der Waals surface area contributed by atoms with E-state index in [1.165, 1.54) is 24.0 Å². The number of pyridine rings is 1. The van der Waals surface area contributed by atoms with Crippen LogP contribution in [0.15, 0.2) is 54.9 Å². The van der Waals surface area contributed by atoms with Crippen LogP contribution in [0.3, 0.4) is 0 Å². The lowest BCUT2D eigenvalue weighted by Crippen LogP contribution is -2.42. The highest BCUT2D eigenvalue weighted by molar-refractivity contribution is 5.51. The van der Waals surface area contributed by atoms with Crippen molar-refractivity contribution < 1.29 is 0 Å².